The van der Waals surface area contributed by atoms with E-state index in [-0.39, 0.29) is 22.5 Å². The van der Waals surface area contributed by atoms with Crippen molar-refractivity contribution in [2.45, 2.75) is 36.7 Å². The lowest BCUT2D eigenvalue weighted by Gasteiger charge is -2.49. The van der Waals surface area contributed by atoms with Gasteiger partial charge >= 0.3 is 11.9 Å². The van der Waals surface area contributed by atoms with Gasteiger partial charge in [0.05, 0.1) is 0 Å². The van der Waals surface area contributed by atoms with Gasteiger partial charge in [-0.2, -0.15) is 0 Å². The molecule has 198 valence electrons. The monoisotopic (exact) mass is 558 g/mol. The first kappa shape index (κ1) is 25.9. The fourth-order valence-corrected chi connectivity index (χ4v) is 7.36. The second-order valence-electron chi connectivity index (χ2n) is 9.17. The molecular weight excluding hydrogens is 536 g/mol. The molecule has 38 heavy (non-hydrogen) atoms. The van der Waals surface area contributed by atoms with Crippen molar-refractivity contribution in [3.05, 3.63) is 57.9 Å². The second kappa shape index (κ2) is 9.51. The van der Waals surface area contributed by atoms with Crippen LogP contribution in [0.3, 0.4) is 0 Å². The Morgan fingerprint density at radius 1 is 0.737 bits per heavy atom. The fourth-order valence-electron chi connectivity index (χ4n) is 4.77. The average Bonchev–Trinajstić information content (AvgIpc) is 2.89. The molecular formula is C24H22N4O8S2. The van der Waals surface area contributed by atoms with Crippen molar-refractivity contribution < 1.29 is 39.0 Å². The lowest BCUT2D eigenvalue weighted by Crippen LogP contribution is -2.70. The number of fused-ring (bicyclic) bond motifs is 2. The Morgan fingerprint density at radius 2 is 1.08 bits per heavy atom. The number of aliphatic carboxylic acids is 2. The molecule has 5 rings (SSSR count). The molecule has 14 heteroatoms. The molecule has 2 saturated heterocycles. The lowest BCUT2D eigenvalue weighted by molar-refractivity contribution is -0.148. The lowest BCUT2D eigenvalue weighted by atomic mass is 10.0. The minimum atomic E-state index is -1.19. The van der Waals surface area contributed by atoms with E-state index in [1.807, 2.05) is 0 Å². The quantitative estimate of drug-likeness (QED) is 0.359. The van der Waals surface area contributed by atoms with Crippen LogP contribution in [-0.2, 0) is 19.2 Å². The van der Waals surface area contributed by atoms with Crippen LogP contribution in [0.1, 0.15) is 34.6 Å². The number of carbonyl (C=O) groups is 6. The van der Waals surface area contributed by atoms with Gasteiger partial charge in [0.15, 0.2) is 0 Å². The van der Waals surface area contributed by atoms with Gasteiger partial charge in [0, 0.05) is 22.6 Å². The molecule has 0 aromatic heterocycles. The Labute approximate surface area is 224 Å². The number of β-lactam (4-membered cyclic amide) rings is 2. The first-order valence-corrected chi connectivity index (χ1v) is 13.6. The molecule has 2 fully saturated rings. The zero-order valence-electron chi connectivity index (χ0n) is 20.1. The summed E-state index contributed by atoms with van der Waals surface area (Å²) in [5.74, 6) is -3.62. The van der Waals surface area contributed by atoms with Crippen molar-refractivity contribution in [2.75, 3.05) is 11.5 Å². The van der Waals surface area contributed by atoms with E-state index in [4.69, 9.17) is 0 Å². The number of nitrogens with one attached hydrogen (secondary N) is 2. The van der Waals surface area contributed by atoms with E-state index in [2.05, 4.69) is 10.6 Å². The molecule has 4 aliphatic heterocycles. The van der Waals surface area contributed by atoms with E-state index in [0.29, 0.717) is 22.7 Å². The van der Waals surface area contributed by atoms with Gasteiger partial charge in [-0.15, -0.1) is 23.5 Å². The van der Waals surface area contributed by atoms with Gasteiger partial charge in [0.2, 0.25) is 0 Å². The normalized spacial score (nSPS) is 26.2. The van der Waals surface area contributed by atoms with Crippen LogP contribution in [0, 0.1) is 0 Å². The van der Waals surface area contributed by atoms with Gasteiger partial charge in [0.25, 0.3) is 23.6 Å². The Morgan fingerprint density at radius 3 is 1.39 bits per heavy atom. The minimum absolute atomic E-state index is 0.0513. The summed E-state index contributed by atoms with van der Waals surface area (Å²) in [5, 5.41) is 23.1. The average molecular weight is 559 g/mol. The number of carbonyl (C=O) groups excluding carboxylic acids is 4. The number of rotatable bonds is 6. The van der Waals surface area contributed by atoms with Crippen LogP contribution in [0.4, 0.5) is 0 Å². The molecule has 0 aliphatic carbocycles. The Balaban J connectivity index is 1.20. The molecule has 4 aliphatic rings. The second-order valence-corrected chi connectivity index (χ2v) is 11.4. The zero-order valence-corrected chi connectivity index (χ0v) is 21.7. The maximum absolute atomic E-state index is 12.7. The van der Waals surface area contributed by atoms with E-state index in [0.717, 1.165) is 0 Å². The van der Waals surface area contributed by atoms with E-state index in [1.54, 1.807) is 13.8 Å². The molecule has 0 radical (unpaired) electrons. The highest BCUT2D eigenvalue weighted by Crippen LogP contribution is 2.41. The van der Waals surface area contributed by atoms with E-state index < -0.39 is 58.4 Å². The molecule has 0 unspecified atom stereocenters. The summed E-state index contributed by atoms with van der Waals surface area (Å²) in [5.41, 5.74) is 1.45. The van der Waals surface area contributed by atoms with Gasteiger partial charge in [-0.3, -0.25) is 29.0 Å². The summed E-state index contributed by atoms with van der Waals surface area (Å²) in [4.78, 5) is 76.1. The third-order valence-electron chi connectivity index (χ3n) is 6.71. The molecule has 4 N–H and O–H groups in total. The van der Waals surface area contributed by atoms with Crippen LogP contribution in [-0.4, -0.2) is 89.9 Å². The predicted octanol–water partition coefficient (Wildman–Crippen LogP) is 0.431. The number of nitrogens with zero attached hydrogens (tertiary/aromatic N) is 2. The topological polar surface area (TPSA) is 173 Å². The molecule has 0 spiro atoms. The van der Waals surface area contributed by atoms with Gasteiger partial charge in [0.1, 0.15) is 34.2 Å². The van der Waals surface area contributed by atoms with Gasteiger partial charge in [-0.05, 0) is 49.3 Å². The summed E-state index contributed by atoms with van der Waals surface area (Å²) < 4.78 is 0. The van der Waals surface area contributed by atoms with E-state index in [1.165, 1.54) is 57.6 Å². The number of carboxylic acids is 2. The van der Waals surface area contributed by atoms with Crippen LogP contribution >= 0.6 is 23.5 Å². The molecule has 0 saturated carbocycles. The first-order valence-electron chi connectivity index (χ1n) is 11.5. The van der Waals surface area contributed by atoms with Crippen molar-refractivity contribution in [1.29, 1.82) is 0 Å². The number of amides is 4. The van der Waals surface area contributed by atoms with Crippen molar-refractivity contribution in [3.8, 4) is 0 Å². The van der Waals surface area contributed by atoms with Crippen LogP contribution in [0.5, 0.6) is 0 Å². The van der Waals surface area contributed by atoms with Gasteiger partial charge in [-0.1, -0.05) is 0 Å². The molecule has 1 aromatic carbocycles. The van der Waals surface area contributed by atoms with Crippen molar-refractivity contribution >= 4 is 59.1 Å². The highest BCUT2D eigenvalue weighted by molar-refractivity contribution is 8.00. The zero-order chi connectivity index (χ0) is 27.5. The molecule has 4 heterocycles. The van der Waals surface area contributed by atoms with Crippen molar-refractivity contribution in [3.63, 3.8) is 0 Å². The number of thioether (sulfide) groups is 2. The first-order chi connectivity index (χ1) is 18.0. The number of benzene rings is 1. The van der Waals surface area contributed by atoms with Crippen LogP contribution in [0.15, 0.2) is 46.8 Å². The summed E-state index contributed by atoms with van der Waals surface area (Å²) in [7, 11) is 0. The third-order valence-corrected chi connectivity index (χ3v) is 9.55. The van der Waals surface area contributed by atoms with Crippen molar-refractivity contribution in [1.82, 2.24) is 20.4 Å². The number of carboxylic acid groups (broad SMARTS) is 2. The Bertz CT molecular complexity index is 1270. The fraction of sp³-hybridized carbons (Fsp3) is 0.333. The molecule has 4 atom stereocenters. The number of hydrogen-bond acceptors (Lipinski definition) is 8. The van der Waals surface area contributed by atoms with Gasteiger partial charge in [-0.25, -0.2) is 9.59 Å². The van der Waals surface area contributed by atoms with Crippen LogP contribution in [0.25, 0.3) is 0 Å². The van der Waals surface area contributed by atoms with Crippen molar-refractivity contribution in [2.24, 2.45) is 0 Å². The smallest absolute Gasteiger partial charge is 0.352 e. The minimum Gasteiger partial charge on any atom is -0.477 e. The summed E-state index contributed by atoms with van der Waals surface area (Å²) in [6.07, 6.45) is 0. The maximum Gasteiger partial charge on any atom is 0.352 e. The number of hydrogen-bond donors (Lipinski definition) is 4. The highest BCUT2D eigenvalue weighted by atomic mass is 32.2. The summed E-state index contributed by atoms with van der Waals surface area (Å²) >= 11 is 2.74. The molecule has 4 amide bonds. The van der Waals surface area contributed by atoms with Gasteiger partial charge < -0.3 is 20.8 Å². The van der Waals surface area contributed by atoms with E-state index >= 15 is 0 Å². The molecule has 12 nitrogen and oxygen atoms in total. The van der Waals surface area contributed by atoms with E-state index in [9.17, 15) is 39.0 Å². The Kier molecular flexibility index (Phi) is 6.47. The van der Waals surface area contributed by atoms with Crippen LogP contribution in [0.2, 0.25) is 0 Å². The highest BCUT2D eigenvalue weighted by Gasteiger charge is 2.55. The largest absolute Gasteiger partial charge is 0.477 e. The summed E-state index contributed by atoms with van der Waals surface area (Å²) in [6, 6.07) is 3.89. The predicted molar refractivity (Wildman–Crippen MR) is 136 cm³/mol. The third kappa shape index (κ3) is 4.04. The molecule has 0 bridgehead atoms. The molecule has 1 aromatic rings. The SMILES string of the molecule is CC1=C(C(=O)O)N2C(=O)[C@@H](NC(=O)c3ccc(C(=O)N[C@@H]4C(=O)N5C(C(=O)O)=C(C)CS[C@H]45)cc3)[C@H]2SC1. The standard InChI is InChI=1S/C24H22N4O8S2/c1-9-7-37-21-13(19(31)27(21)15(9)23(33)34)25-17(29)11-3-5-12(6-4-11)18(30)26-14-20(32)28-16(24(35)36)10(2)8-38-22(14)28/h3-6,13-14,21-22H,7-8H2,1-2H3,(H,25,29)(H,26,30)(H,33,34)(H,35,36)/t13-,14-,21-,22-/m1/s1. The summed E-state index contributed by atoms with van der Waals surface area (Å²) in [6.45, 7) is 3.30. The Hall–Kier alpha value is -3.78. The van der Waals surface area contributed by atoms with Crippen LogP contribution < -0.4 is 10.6 Å². The maximum atomic E-state index is 12.7.